The van der Waals surface area contributed by atoms with Crippen molar-refractivity contribution in [3.8, 4) is 11.3 Å². The van der Waals surface area contributed by atoms with Crippen LogP contribution in [0.4, 0.5) is 4.39 Å². The molecule has 0 N–H and O–H groups in total. The molecule has 0 atom stereocenters. The minimum absolute atomic E-state index is 0.0214. The highest BCUT2D eigenvalue weighted by Gasteiger charge is 2.14. The maximum atomic E-state index is 14.2. The van der Waals surface area contributed by atoms with Gasteiger partial charge in [0.25, 0.3) is 5.56 Å². The Morgan fingerprint density at radius 3 is 2.57 bits per heavy atom. The molecule has 30 heavy (non-hydrogen) atoms. The van der Waals surface area contributed by atoms with Crippen molar-refractivity contribution < 1.29 is 8.81 Å². The lowest BCUT2D eigenvalue weighted by molar-refractivity contribution is 0.562. The Hall–Kier alpha value is -2.58. The molecule has 0 saturated carbocycles. The Balaban J connectivity index is 1.75. The van der Waals surface area contributed by atoms with Crippen LogP contribution in [0, 0.1) is 5.82 Å². The standard InChI is InChI=1S/C22H16Br2FN3O2/c1-12(2)21-27-19-7-4-13(23)9-17(19)22(29)28(21)26-11-15-5-8-20(30-15)16-6-3-14(24)10-18(16)25/h3-12H,1-2H3. The van der Waals surface area contributed by atoms with Gasteiger partial charge in [-0.05, 0) is 48.5 Å². The maximum absolute atomic E-state index is 14.2. The third kappa shape index (κ3) is 4.02. The lowest BCUT2D eigenvalue weighted by Crippen LogP contribution is -2.23. The van der Waals surface area contributed by atoms with Crippen LogP contribution in [0.3, 0.4) is 0 Å². The van der Waals surface area contributed by atoms with Gasteiger partial charge >= 0.3 is 0 Å². The summed E-state index contributed by atoms with van der Waals surface area (Å²) < 4.78 is 22.6. The first-order valence-corrected chi connectivity index (χ1v) is 10.7. The third-order valence-corrected chi connectivity index (χ3v) is 5.46. The monoisotopic (exact) mass is 531 g/mol. The first-order valence-electron chi connectivity index (χ1n) is 9.15. The molecule has 0 unspecified atom stereocenters. The number of nitrogens with zero attached hydrogens (tertiary/aromatic N) is 3. The molecular formula is C22H16Br2FN3O2. The first-order chi connectivity index (χ1) is 14.3. The zero-order chi connectivity index (χ0) is 21.4. The molecule has 0 radical (unpaired) electrons. The second-order valence-electron chi connectivity index (χ2n) is 6.97. The summed E-state index contributed by atoms with van der Waals surface area (Å²) in [6.07, 6.45) is 1.43. The van der Waals surface area contributed by atoms with E-state index in [1.54, 1.807) is 36.4 Å². The molecule has 0 aliphatic carbocycles. The van der Waals surface area contributed by atoms with Crippen LogP contribution < -0.4 is 5.56 Å². The molecule has 4 rings (SSSR count). The van der Waals surface area contributed by atoms with Gasteiger partial charge in [0.05, 0.1) is 22.7 Å². The number of rotatable bonds is 4. The highest BCUT2D eigenvalue weighted by atomic mass is 79.9. The van der Waals surface area contributed by atoms with Crippen LogP contribution in [0.5, 0.6) is 0 Å². The van der Waals surface area contributed by atoms with Gasteiger partial charge in [0.1, 0.15) is 23.2 Å². The Labute approximate surface area is 188 Å². The van der Waals surface area contributed by atoms with Crippen LogP contribution in [0.1, 0.15) is 31.4 Å². The summed E-state index contributed by atoms with van der Waals surface area (Å²) >= 11 is 6.62. The molecule has 5 nitrogen and oxygen atoms in total. The predicted octanol–water partition coefficient (Wildman–Crippen LogP) is 6.33. The average molecular weight is 533 g/mol. The van der Waals surface area contributed by atoms with E-state index >= 15 is 0 Å². The maximum Gasteiger partial charge on any atom is 0.282 e. The number of benzene rings is 2. The van der Waals surface area contributed by atoms with Gasteiger partial charge < -0.3 is 4.42 Å². The fourth-order valence-corrected chi connectivity index (χ4v) is 3.72. The van der Waals surface area contributed by atoms with Crippen LogP contribution in [-0.2, 0) is 0 Å². The topological polar surface area (TPSA) is 60.4 Å². The smallest absolute Gasteiger partial charge is 0.282 e. The zero-order valence-corrected chi connectivity index (χ0v) is 19.2. The van der Waals surface area contributed by atoms with E-state index in [1.165, 1.54) is 17.0 Å². The summed E-state index contributed by atoms with van der Waals surface area (Å²) in [6, 6.07) is 13.4. The summed E-state index contributed by atoms with van der Waals surface area (Å²) in [7, 11) is 0. The number of hydrogen-bond acceptors (Lipinski definition) is 4. The molecule has 0 bridgehead atoms. The molecule has 152 valence electrons. The van der Waals surface area contributed by atoms with Crippen LogP contribution in [-0.4, -0.2) is 15.9 Å². The Morgan fingerprint density at radius 2 is 1.83 bits per heavy atom. The van der Waals surface area contributed by atoms with E-state index in [-0.39, 0.29) is 11.5 Å². The van der Waals surface area contributed by atoms with Crippen molar-refractivity contribution in [2.24, 2.45) is 5.10 Å². The molecule has 2 aromatic carbocycles. The number of furan rings is 1. The largest absolute Gasteiger partial charge is 0.455 e. The van der Waals surface area contributed by atoms with Gasteiger partial charge in [-0.25, -0.2) is 9.37 Å². The second-order valence-corrected chi connectivity index (χ2v) is 8.81. The van der Waals surface area contributed by atoms with Crippen LogP contribution in [0.15, 0.2) is 71.8 Å². The van der Waals surface area contributed by atoms with Crippen molar-refractivity contribution in [1.82, 2.24) is 9.66 Å². The second kappa shape index (κ2) is 8.28. The van der Waals surface area contributed by atoms with E-state index in [1.807, 2.05) is 19.9 Å². The molecule has 0 fully saturated rings. The highest BCUT2D eigenvalue weighted by molar-refractivity contribution is 9.10. The van der Waals surface area contributed by atoms with Gasteiger partial charge in [-0.15, -0.1) is 0 Å². The summed E-state index contributed by atoms with van der Waals surface area (Å²) in [6.45, 7) is 3.89. The molecule has 8 heteroatoms. The van der Waals surface area contributed by atoms with Crippen molar-refractivity contribution in [1.29, 1.82) is 0 Å². The highest BCUT2D eigenvalue weighted by Crippen LogP contribution is 2.27. The number of aromatic nitrogens is 2. The minimum atomic E-state index is -0.398. The first kappa shape index (κ1) is 20.7. The summed E-state index contributed by atoms with van der Waals surface area (Å²) in [5, 5.41) is 4.79. The fraction of sp³-hybridized carbons (Fsp3) is 0.136. The zero-order valence-electron chi connectivity index (χ0n) is 16.1. The van der Waals surface area contributed by atoms with Crippen molar-refractivity contribution in [2.75, 3.05) is 0 Å². The normalized spacial score (nSPS) is 11.8. The van der Waals surface area contributed by atoms with Gasteiger partial charge in [-0.3, -0.25) is 4.79 Å². The van der Waals surface area contributed by atoms with E-state index in [0.717, 1.165) is 4.47 Å². The molecule has 2 heterocycles. The van der Waals surface area contributed by atoms with E-state index in [0.29, 0.717) is 38.3 Å². The van der Waals surface area contributed by atoms with Crippen LogP contribution >= 0.6 is 31.9 Å². The van der Waals surface area contributed by atoms with E-state index in [2.05, 4.69) is 41.9 Å². The van der Waals surface area contributed by atoms with Crippen molar-refractivity contribution >= 4 is 49.0 Å². The quantitative estimate of drug-likeness (QED) is 0.289. The van der Waals surface area contributed by atoms with E-state index in [9.17, 15) is 9.18 Å². The van der Waals surface area contributed by atoms with Gasteiger partial charge in [0.2, 0.25) is 0 Å². The molecule has 2 aromatic heterocycles. The van der Waals surface area contributed by atoms with Crippen molar-refractivity contribution in [3.63, 3.8) is 0 Å². The Morgan fingerprint density at radius 1 is 1.10 bits per heavy atom. The Kier molecular flexibility index (Phi) is 5.71. The Bertz CT molecular complexity index is 1340. The summed E-state index contributed by atoms with van der Waals surface area (Å²) in [5.74, 6) is 0.885. The predicted molar refractivity (Wildman–Crippen MR) is 123 cm³/mol. The van der Waals surface area contributed by atoms with Gasteiger partial charge in [-0.1, -0.05) is 45.7 Å². The van der Waals surface area contributed by atoms with Gasteiger partial charge in [0.15, 0.2) is 0 Å². The minimum Gasteiger partial charge on any atom is -0.455 e. The van der Waals surface area contributed by atoms with Crippen LogP contribution in [0.2, 0.25) is 0 Å². The lowest BCUT2D eigenvalue weighted by atomic mass is 10.1. The number of halogens is 3. The summed E-state index contributed by atoms with van der Waals surface area (Å²) in [4.78, 5) is 17.6. The van der Waals surface area contributed by atoms with Crippen LogP contribution in [0.25, 0.3) is 22.2 Å². The lowest BCUT2D eigenvalue weighted by Gasteiger charge is -2.11. The molecule has 0 aliphatic heterocycles. The number of fused-ring (bicyclic) bond motifs is 1. The molecule has 0 saturated heterocycles. The van der Waals surface area contributed by atoms with Gasteiger partial charge in [-0.2, -0.15) is 9.78 Å². The SMILES string of the molecule is CC(C)c1nc2ccc(Br)cc2c(=O)n1N=Cc1ccc(-c2ccc(Br)cc2F)o1. The fourth-order valence-electron chi connectivity index (χ4n) is 3.02. The van der Waals surface area contributed by atoms with Crippen molar-refractivity contribution in [3.05, 3.63) is 85.2 Å². The van der Waals surface area contributed by atoms with E-state index in [4.69, 9.17) is 4.42 Å². The molecule has 0 aliphatic rings. The molecular weight excluding hydrogens is 517 g/mol. The molecule has 0 amide bonds. The third-order valence-electron chi connectivity index (χ3n) is 4.47. The number of hydrogen-bond donors (Lipinski definition) is 0. The van der Waals surface area contributed by atoms with Crippen molar-refractivity contribution in [2.45, 2.75) is 19.8 Å². The molecule has 0 spiro atoms. The van der Waals surface area contributed by atoms with Gasteiger partial charge in [0, 0.05) is 14.9 Å². The van der Waals surface area contributed by atoms with E-state index < -0.39 is 5.82 Å². The molecule has 4 aromatic rings. The summed E-state index contributed by atoms with van der Waals surface area (Å²) in [5.41, 5.74) is 0.687. The average Bonchev–Trinajstić information content (AvgIpc) is 3.16.